The molecule has 2 amide bonds. The van der Waals surface area contributed by atoms with Gasteiger partial charge in [-0.25, -0.2) is 0 Å². The Balaban J connectivity index is 1.96. The summed E-state index contributed by atoms with van der Waals surface area (Å²) in [6.45, 7) is 6.22. The predicted octanol–water partition coefficient (Wildman–Crippen LogP) is 3.23. The summed E-state index contributed by atoms with van der Waals surface area (Å²) in [5, 5.41) is 0. The number of carbonyl (C=O) groups excluding carboxylic acids is 2. The minimum Gasteiger partial charge on any atom is -0.274 e. The minimum absolute atomic E-state index is 0.00908. The molecule has 3 heteroatoms. The highest BCUT2D eigenvalue weighted by Gasteiger charge is 2.49. The van der Waals surface area contributed by atoms with Gasteiger partial charge in [-0.15, -0.1) is 0 Å². The molecule has 0 N–H and O–H groups in total. The van der Waals surface area contributed by atoms with Gasteiger partial charge in [0.05, 0.1) is 17.5 Å². The van der Waals surface area contributed by atoms with E-state index in [0.717, 1.165) is 30.5 Å². The average Bonchev–Trinajstić information content (AvgIpc) is 2.65. The van der Waals surface area contributed by atoms with Gasteiger partial charge < -0.3 is 0 Å². The highest BCUT2D eigenvalue weighted by atomic mass is 16.2. The van der Waals surface area contributed by atoms with E-state index in [9.17, 15) is 9.59 Å². The van der Waals surface area contributed by atoms with Crippen molar-refractivity contribution in [2.75, 3.05) is 4.90 Å². The third-order valence-electron chi connectivity index (χ3n) is 4.94. The second-order valence-corrected chi connectivity index (χ2v) is 6.41. The Bertz CT molecular complexity index is 578. The van der Waals surface area contributed by atoms with E-state index >= 15 is 0 Å². The zero-order chi connectivity index (χ0) is 14.4. The van der Waals surface area contributed by atoms with Gasteiger partial charge in [0.15, 0.2) is 0 Å². The molecule has 1 aliphatic carbocycles. The van der Waals surface area contributed by atoms with Gasteiger partial charge >= 0.3 is 0 Å². The molecule has 1 aliphatic heterocycles. The van der Waals surface area contributed by atoms with Crippen LogP contribution in [0.4, 0.5) is 5.69 Å². The van der Waals surface area contributed by atoms with Crippen LogP contribution >= 0.6 is 0 Å². The number of amides is 2. The van der Waals surface area contributed by atoms with Crippen molar-refractivity contribution in [1.29, 1.82) is 0 Å². The number of aryl methyl sites for hydroxylation is 2. The summed E-state index contributed by atoms with van der Waals surface area (Å²) in [7, 11) is 0. The van der Waals surface area contributed by atoms with Gasteiger partial charge in [0.2, 0.25) is 11.8 Å². The van der Waals surface area contributed by atoms with Gasteiger partial charge in [0.1, 0.15) is 0 Å². The lowest BCUT2D eigenvalue weighted by molar-refractivity contribution is -0.122. The molecule has 106 valence electrons. The number of imide groups is 1. The lowest BCUT2D eigenvalue weighted by Crippen LogP contribution is -2.30. The smallest absolute Gasteiger partial charge is 0.237 e. The summed E-state index contributed by atoms with van der Waals surface area (Å²) in [4.78, 5) is 26.6. The van der Waals surface area contributed by atoms with Crippen molar-refractivity contribution in [2.24, 2.45) is 17.8 Å². The molecule has 2 fully saturated rings. The standard InChI is InChI=1S/C17H21NO2/c1-10-4-7-14-15(8-10)17(20)18(16(14)19)13-6-5-11(2)12(3)9-13/h5-6,9-10,14-15H,4,7-8H2,1-3H3/t10-,14+,15+/m1/s1. The molecule has 20 heavy (non-hydrogen) atoms. The minimum atomic E-state index is -0.0899. The van der Waals surface area contributed by atoms with E-state index < -0.39 is 0 Å². The van der Waals surface area contributed by atoms with Crippen molar-refractivity contribution in [1.82, 2.24) is 0 Å². The molecule has 0 bridgehead atoms. The van der Waals surface area contributed by atoms with Gasteiger partial charge in [-0.3, -0.25) is 14.5 Å². The summed E-state index contributed by atoms with van der Waals surface area (Å²) in [6.07, 6.45) is 2.77. The molecule has 3 rings (SSSR count). The molecule has 0 spiro atoms. The van der Waals surface area contributed by atoms with E-state index in [1.807, 2.05) is 32.0 Å². The topological polar surface area (TPSA) is 37.4 Å². The molecule has 2 aliphatic rings. The van der Waals surface area contributed by atoms with E-state index in [1.165, 1.54) is 10.5 Å². The summed E-state index contributed by atoms with van der Waals surface area (Å²) in [6, 6.07) is 5.82. The quantitative estimate of drug-likeness (QED) is 0.735. The van der Waals surface area contributed by atoms with E-state index in [2.05, 4.69) is 6.92 Å². The largest absolute Gasteiger partial charge is 0.274 e. The summed E-state index contributed by atoms with van der Waals surface area (Å²) in [5.41, 5.74) is 3.04. The Morgan fingerprint density at radius 1 is 1.00 bits per heavy atom. The Morgan fingerprint density at radius 3 is 2.40 bits per heavy atom. The molecule has 0 radical (unpaired) electrons. The van der Waals surface area contributed by atoms with Crippen LogP contribution in [0.5, 0.6) is 0 Å². The van der Waals surface area contributed by atoms with Crippen LogP contribution in [0.3, 0.4) is 0 Å². The molecule has 0 aromatic heterocycles. The zero-order valence-electron chi connectivity index (χ0n) is 12.3. The SMILES string of the molecule is Cc1ccc(N2C(=O)[C@H]3CC[C@@H](C)C[C@@H]3C2=O)cc1C. The first-order chi connectivity index (χ1) is 9.49. The molecule has 3 nitrogen and oxygen atoms in total. The van der Waals surface area contributed by atoms with Crippen molar-refractivity contribution in [2.45, 2.75) is 40.0 Å². The lowest BCUT2D eigenvalue weighted by Gasteiger charge is -2.25. The van der Waals surface area contributed by atoms with E-state index in [4.69, 9.17) is 0 Å². The van der Waals surface area contributed by atoms with E-state index in [-0.39, 0.29) is 23.7 Å². The van der Waals surface area contributed by atoms with Crippen LogP contribution in [0.15, 0.2) is 18.2 Å². The average molecular weight is 271 g/mol. The maximum absolute atomic E-state index is 12.6. The van der Waals surface area contributed by atoms with Crippen LogP contribution in [0, 0.1) is 31.6 Å². The van der Waals surface area contributed by atoms with Crippen molar-refractivity contribution in [3.63, 3.8) is 0 Å². The monoisotopic (exact) mass is 271 g/mol. The maximum Gasteiger partial charge on any atom is 0.237 e. The maximum atomic E-state index is 12.6. The number of carbonyl (C=O) groups is 2. The van der Waals surface area contributed by atoms with Crippen LogP contribution in [-0.4, -0.2) is 11.8 Å². The number of anilines is 1. The normalized spacial score (nSPS) is 29.8. The second kappa shape index (κ2) is 4.72. The number of hydrogen-bond donors (Lipinski definition) is 0. The lowest BCUT2D eigenvalue weighted by atomic mass is 9.76. The second-order valence-electron chi connectivity index (χ2n) is 6.41. The third-order valence-corrected chi connectivity index (χ3v) is 4.94. The first kappa shape index (κ1) is 13.3. The number of nitrogens with zero attached hydrogens (tertiary/aromatic N) is 1. The summed E-state index contributed by atoms with van der Waals surface area (Å²) in [5.74, 6) is 0.394. The zero-order valence-corrected chi connectivity index (χ0v) is 12.3. The summed E-state index contributed by atoms with van der Waals surface area (Å²) >= 11 is 0. The van der Waals surface area contributed by atoms with Gasteiger partial charge in [0, 0.05) is 0 Å². The Labute approximate surface area is 120 Å². The summed E-state index contributed by atoms with van der Waals surface area (Å²) < 4.78 is 0. The van der Waals surface area contributed by atoms with Crippen LogP contribution in [-0.2, 0) is 9.59 Å². The van der Waals surface area contributed by atoms with Crippen LogP contribution < -0.4 is 4.90 Å². The number of benzene rings is 1. The predicted molar refractivity (Wildman–Crippen MR) is 78.4 cm³/mol. The van der Waals surface area contributed by atoms with Crippen LogP contribution in [0.2, 0.25) is 0 Å². The molecule has 1 heterocycles. The number of hydrogen-bond acceptors (Lipinski definition) is 2. The fraction of sp³-hybridized carbons (Fsp3) is 0.529. The molecule has 1 saturated heterocycles. The fourth-order valence-corrected chi connectivity index (χ4v) is 3.51. The number of rotatable bonds is 1. The van der Waals surface area contributed by atoms with Gasteiger partial charge in [-0.1, -0.05) is 13.0 Å². The molecular weight excluding hydrogens is 250 g/mol. The van der Waals surface area contributed by atoms with Crippen molar-refractivity contribution in [3.8, 4) is 0 Å². The highest BCUT2D eigenvalue weighted by molar-refractivity contribution is 6.22. The van der Waals surface area contributed by atoms with Crippen molar-refractivity contribution in [3.05, 3.63) is 29.3 Å². The van der Waals surface area contributed by atoms with Gasteiger partial charge in [0.25, 0.3) is 0 Å². The highest BCUT2D eigenvalue weighted by Crippen LogP contribution is 2.42. The van der Waals surface area contributed by atoms with Gasteiger partial charge in [-0.05, 0) is 62.3 Å². The molecule has 3 atom stereocenters. The van der Waals surface area contributed by atoms with E-state index in [1.54, 1.807) is 0 Å². The molecule has 1 aromatic rings. The van der Waals surface area contributed by atoms with Crippen molar-refractivity contribution >= 4 is 17.5 Å². The molecular formula is C17H21NO2. The van der Waals surface area contributed by atoms with Crippen LogP contribution in [0.25, 0.3) is 0 Å². The molecule has 0 unspecified atom stereocenters. The Hall–Kier alpha value is -1.64. The third kappa shape index (κ3) is 1.96. The van der Waals surface area contributed by atoms with Gasteiger partial charge in [-0.2, -0.15) is 0 Å². The molecule has 1 aromatic carbocycles. The Kier molecular flexibility index (Phi) is 3.15. The van der Waals surface area contributed by atoms with E-state index in [0.29, 0.717) is 5.92 Å². The first-order valence-corrected chi connectivity index (χ1v) is 7.44. The first-order valence-electron chi connectivity index (χ1n) is 7.44. The van der Waals surface area contributed by atoms with Crippen molar-refractivity contribution < 1.29 is 9.59 Å². The van der Waals surface area contributed by atoms with Crippen LogP contribution in [0.1, 0.15) is 37.3 Å². The Morgan fingerprint density at radius 2 is 1.70 bits per heavy atom. The molecule has 1 saturated carbocycles. The number of fused-ring (bicyclic) bond motifs is 1. The fourth-order valence-electron chi connectivity index (χ4n) is 3.51.